The predicted octanol–water partition coefficient (Wildman–Crippen LogP) is 6.42. The Balaban J connectivity index is 1.75. The molecule has 3 rings (SSSR count). The molecule has 0 amide bonds. The van der Waals surface area contributed by atoms with Gasteiger partial charge in [-0.3, -0.25) is 0 Å². The van der Waals surface area contributed by atoms with Gasteiger partial charge in [-0.05, 0) is 100 Å². The fraction of sp³-hybridized carbons (Fsp3) is 0.160. The van der Waals surface area contributed by atoms with Gasteiger partial charge < -0.3 is 14.2 Å². The summed E-state index contributed by atoms with van der Waals surface area (Å²) in [6.07, 6.45) is 2.09. The van der Waals surface area contributed by atoms with Gasteiger partial charge >= 0.3 is 5.97 Å². The molecule has 0 unspecified atom stereocenters. The Hall–Kier alpha value is -2.32. The minimum Gasteiger partial charge on any atom is -0.489 e. The normalized spacial score (nSPS) is 11.2. The predicted molar refractivity (Wildman–Crippen MR) is 135 cm³/mol. The molecule has 0 heterocycles. The molecule has 0 spiro atoms. The fourth-order valence-electron chi connectivity index (χ4n) is 2.95. The average Bonchev–Trinajstić information content (AvgIpc) is 2.77. The van der Waals surface area contributed by atoms with Gasteiger partial charge in [0.2, 0.25) is 0 Å². The number of benzene rings is 3. The zero-order valence-corrected chi connectivity index (χ0v) is 21.0. The molecule has 0 atom stereocenters. The van der Waals surface area contributed by atoms with Crippen LogP contribution in [-0.2, 0) is 9.53 Å². The highest BCUT2D eigenvalue weighted by Crippen LogP contribution is 2.27. The van der Waals surface area contributed by atoms with Gasteiger partial charge in [-0.2, -0.15) is 0 Å². The second-order valence-corrected chi connectivity index (χ2v) is 8.90. The van der Waals surface area contributed by atoms with Crippen LogP contribution in [-0.4, -0.2) is 26.3 Å². The molecule has 0 saturated carbocycles. The van der Waals surface area contributed by atoms with E-state index in [0.717, 1.165) is 32.5 Å². The number of esters is 1. The molecular weight excluding hydrogens is 571 g/mol. The Morgan fingerprint density at radius 2 is 1.61 bits per heavy atom. The van der Waals surface area contributed by atoms with Crippen LogP contribution in [0.1, 0.15) is 16.7 Å². The van der Waals surface area contributed by atoms with Crippen molar-refractivity contribution >= 4 is 50.1 Å². The number of hydrogen-bond donors (Lipinski definition) is 0. The van der Waals surface area contributed by atoms with Crippen molar-refractivity contribution in [3.63, 3.8) is 0 Å². The maximum absolute atomic E-state index is 11.3. The van der Waals surface area contributed by atoms with Crippen molar-refractivity contribution in [3.8, 4) is 11.5 Å². The summed E-state index contributed by atoms with van der Waals surface area (Å²) in [5.41, 5.74) is 4.25. The number of halogens is 2. The summed E-state index contributed by atoms with van der Waals surface area (Å²) in [5.74, 6) is 0.945. The molecule has 0 radical (unpaired) electrons. The molecule has 0 N–H and O–H groups in total. The van der Waals surface area contributed by atoms with Crippen molar-refractivity contribution in [2.75, 3.05) is 20.3 Å². The first kappa shape index (κ1) is 23.3. The molecule has 3 aromatic carbocycles. The van der Waals surface area contributed by atoms with Gasteiger partial charge in [0.15, 0.2) is 6.61 Å². The average molecular weight is 593 g/mol. The molecular formula is C25H22BrIO4. The van der Waals surface area contributed by atoms with Crippen molar-refractivity contribution in [3.05, 3.63) is 97.5 Å². The number of hydrogen-bond acceptors (Lipinski definition) is 4. The number of aryl methyl sites for hydroxylation is 1. The van der Waals surface area contributed by atoms with Crippen LogP contribution in [0.2, 0.25) is 0 Å². The molecule has 4 nitrogen and oxygen atoms in total. The lowest BCUT2D eigenvalue weighted by Gasteiger charge is -2.12. The van der Waals surface area contributed by atoms with Crippen molar-refractivity contribution in [2.45, 2.75) is 6.92 Å². The molecule has 3 aromatic rings. The Morgan fingerprint density at radius 3 is 2.23 bits per heavy atom. The number of carbonyl (C=O) groups is 1. The van der Waals surface area contributed by atoms with E-state index < -0.39 is 5.97 Å². The topological polar surface area (TPSA) is 44.8 Å². The minimum absolute atomic E-state index is 0.118. The molecule has 0 aromatic heterocycles. The Bertz CT molecular complexity index is 1010. The number of carbonyl (C=O) groups excluding carboxylic acids is 1. The third-order valence-corrected chi connectivity index (χ3v) is 5.82. The lowest BCUT2D eigenvalue weighted by molar-refractivity contribution is -0.142. The van der Waals surface area contributed by atoms with Gasteiger partial charge in [-0.25, -0.2) is 4.79 Å². The van der Waals surface area contributed by atoms with Crippen LogP contribution >= 0.6 is 38.5 Å². The first-order valence-electron chi connectivity index (χ1n) is 9.61. The highest BCUT2D eigenvalue weighted by atomic mass is 127. The summed E-state index contributed by atoms with van der Waals surface area (Å²) >= 11 is 5.80. The van der Waals surface area contributed by atoms with E-state index in [1.807, 2.05) is 31.2 Å². The lowest BCUT2D eigenvalue weighted by atomic mass is 9.98. The molecule has 0 aliphatic heterocycles. The van der Waals surface area contributed by atoms with Crippen molar-refractivity contribution in [1.82, 2.24) is 0 Å². The summed E-state index contributed by atoms with van der Waals surface area (Å²) in [7, 11) is 1.34. The Morgan fingerprint density at radius 1 is 0.968 bits per heavy atom. The zero-order chi connectivity index (χ0) is 22.2. The number of methoxy groups -OCH3 is 1. The second kappa shape index (κ2) is 11.3. The van der Waals surface area contributed by atoms with E-state index in [1.165, 1.54) is 10.7 Å². The van der Waals surface area contributed by atoms with Crippen LogP contribution in [0.25, 0.3) is 5.57 Å². The first-order valence-corrected chi connectivity index (χ1v) is 11.5. The SMILES string of the molecule is COC(=O)COc1ccc(OCC=C(c2ccc(Br)cc2)c2ccc(I)cc2)cc1C. The standard InChI is InChI=1S/C25H22BrIO4/c1-17-15-22(11-12-24(17)31-16-25(28)29-2)30-14-13-23(18-3-7-20(26)8-4-18)19-5-9-21(27)10-6-19/h3-13,15H,14,16H2,1-2H3. The summed E-state index contributed by atoms with van der Waals surface area (Å²) in [6, 6.07) is 22.2. The smallest absolute Gasteiger partial charge is 0.343 e. The number of rotatable bonds is 8. The van der Waals surface area contributed by atoms with Crippen LogP contribution < -0.4 is 9.47 Å². The maximum Gasteiger partial charge on any atom is 0.343 e. The number of ether oxygens (including phenoxy) is 3. The van der Waals surface area contributed by atoms with E-state index in [1.54, 1.807) is 6.07 Å². The quantitative estimate of drug-likeness (QED) is 0.223. The third-order valence-electron chi connectivity index (χ3n) is 4.57. The molecule has 6 heteroatoms. The Kier molecular flexibility index (Phi) is 8.54. The van der Waals surface area contributed by atoms with Gasteiger partial charge in [-0.15, -0.1) is 0 Å². The highest BCUT2D eigenvalue weighted by molar-refractivity contribution is 14.1. The van der Waals surface area contributed by atoms with Crippen LogP contribution in [0.5, 0.6) is 11.5 Å². The summed E-state index contributed by atoms with van der Waals surface area (Å²) in [6.45, 7) is 2.21. The fourth-order valence-corrected chi connectivity index (χ4v) is 3.58. The molecule has 0 bridgehead atoms. The molecule has 0 aliphatic carbocycles. The van der Waals surface area contributed by atoms with Gasteiger partial charge in [0, 0.05) is 8.04 Å². The largest absolute Gasteiger partial charge is 0.489 e. The van der Waals surface area contributed by atoms with E-state index >= 15 is 0 Å². The van der Waals surface area contributed by atoms with Crippen LogP contribution in [0.3, 0.4) is 0 Å². The van der Waals surface area contributed by atoms with Gasteiger partial charge in [0.25, 0.3) is 0 Å². The summed E-state index contributed by atoms with van der Waals surface area (Å²) in [4.78, 5) is 11.3. The monoisotopic (exact) mass is 592 g/mol. The van der Waals surface area contributed by atoms with E-state index in [2.05, 4.69) is 85.7 Å². The molecule has 0 saturated heterocycles. The molecule has 160 valence electrons. The van der Waals surface area contributed by atoms with Crippen LogP contribution in [0.15, 0.2) is 77.3 Å². The Labute approximate surface area is 204 Å². The maximum atomic E-state index is 11.3. The summed E-state index contributed by atoms with van der Waals surface area (Å²) < 4.78 is 18.3. The zero-order valence-electron chi connectivity index (χ0n) is 17.2. The van der Waals surface area contributed by atoms with Crippen molar-refractivity contribution in [1.29, 1.82) is 0 Å². The van der Waals surface area contributed by atoms with Gasteiger partial charge in [0.1, 0.15) is 18.1 Å². The third kappa shape index (κ3) is 6.83. The van der Waals surface area contributed by atoms with E-state index in [-0.39, 0.29) is 6.61 Å². The highest BCUT2D eigenvalue weighted by Gasteiger charge is 2.08. The molecule has 0 fully saturated rings. The van der Waals surface area contributed by atoms with Crippen LogP contribution in [0.4, 0.5) is 0 Å². The molecule has 31 heavy (non-hydrogen) atoms. The molecule has 0 aliphatic rings. The van der Waals surface area contributed by atoms with E-state index in [9.17, 15) is 4.79 Å². The second-order valence-electron chi connectivity index (χ2n) is 6.73. The van der Waals surface area contributed by atoms with Crippen LogP contribution in [0, 0.1) is 10.5 Å². The van der Waals surface area contributed by atoms with Crippen molar-refractivity contribution in [2.24, 2.45) is 0 Å². The van der Waals surface area contributed by atoms with E-state index in [4.69, 9.17) is 9.47 Å². The first-order chi connectivity index (χ1) is 15.0. The summed E-state index contributed by atoms with van der Waals surface area (Å²) in [5, 5.41) is 0. The van der Waals surface area contributed by atoms with Gasteiger partial charge in [-0.1, -0.05) is 40.2 Å². The van der Waals surface area contributed by atoms with Gasteiger partial charge in [0.05, 0.1) is 7.11 Å². The van der Waals surface area contributed by atoms with Crippen molar-refractivity contribution < 1.29 is 19.0 Å². The lowest BCUT2D eigenvalue weighted by Crippen LogP contribution is -2.13. The minimum atomic E-state index is -0.416. The van der Waals surface area contributed by atoms with E-state index in [0.29, 0.717) is 12.4 Å².